The fourth-order valence-corrected chi connectivity index (χ4v) is 2.83. The summed E-state index contributed by atoms with van der Waals surface area (Å²) in [5.74, 6) is -1.83. The molecule has 0 aliphatic carbocycles. The molecule has 0 radical (unpaired) electrons. The van der Waals surface area contributed by atoms with Gasteiger partial charge in [-0.3, -0.25) is 9.69 Å². The second-order valence-electron chi connectivity index (χ2n) is 6.95. The monoisotopic (exact) mass is 398 g/mol. The van der Waals surface area contributed by atoms with Crippen molar-refractivity contribution in [1.82, 2.24) is 9.80 Å². The fourth-order valence-electron chi connectivity index (χ4n) is 2.83. The molecule has 1 amide bonds. The molecule has 1 aromatic carbocycles. The molecule has 0 saturated carbocycles. The molecule has 5 nitrogen and oxygen atoms in total. The first-order chi connectivity index (χ1) is 13.2. The van der Waals surface area contributed by atoms with Gasteiger partial charge in [0.1, 0.15) is 6.61 Å². The number of carbonyl (C=O) groups is 2. The molecule has 0 spiro atoms. The van der Waals surface area contributed by atoms with Crippen molar-refractivity contribution in [1.29, 1.82) is 0 Å². The Labute approximate surface area is 162 Å². The molecule has 1 aliphatic heterocycles. The van der Waals surface area contributed by atoms with Gasteiger partial charge in [-0.1, -0.05) is 38.1 Å². The van der Waals surface area contributed by atoms with E-state index in [0.717, 1.165) is 10.5 Å². The lowest BCUT2D eigenvalue weighted by Crippen LogP contribution is -2.52. The number of esters is 1. The molecule has 1 heterocycles. The first-order valence-electron chi connectivity index (χ1n) is 9.20. The van der Waals surface area contributed by atoms with E-state index < -0.39 is 18.1 Å². The van der Waals surface area contributed by atoms with Crippen molar-refractivity contribution in [2.24, 2.45) is 0 Å². The Bertz CT molecular complexity index is 692. The Morgan fingerprint density at radius 2 is 1.71 bits per heavy atom. The van der Waals surface area contributed by atoms with E-state index in [0.29, 0.717) is 25.6 Å². The Morgan fingerprint density at radius 3 is 2.25 bits per heavy atom. The second kappa shape index (κ2) is 9.73. The van der Waals surface area contributed by atoms with E-state index in [1.54, 1.807) is 6.08 Å². The van der Waals surface area contributed by atoms with Crippen molar-refractivity contribution in [2.45, 2.75) is 25.9 Å². The predicted molar refractivity (Wildman–Crippen MR) is 99.6 cm³/mol. The van der Waals surface area contributed by atoms with Gasteiger partial charge in [0, 0.05) is 38.8 Å². The number of hydrogen-bond donors (Lipinski definition) is 0. The minimum atomic E-state index is -4.83. The molecule has 0 N–H and O–H groups in total. The van der Waals surface area contributed by atoms with E-state index in [-0.39, 0.29) is 19.7 Å². The standard InChI is InChI=1S/C20H25F3N2O3/c1-15(2)17-6-3-16(4-7-17)5-8-18(26)28-14-13-24-9-11-25(12-10-24)19(27)20(21,22)23/h3-8,15H,9-14H2,1-2H3/b8-5+. The smallest absolute Gasteiger partial charge is 0.461 e. The van der Waals surface area contributed by atoms with Gasteiger partial charge in [-0.15, -0.1) is 0 Å². The van der Waals surface area contributed by atoms with E-state index in [1.165, 1.54) is 11.6 Å². The summed E-state index contributed by atoms with van der Waals surface area (Å²) in [6.45, 7) is 5.43. The summed E-state index contributed by atoms with van der Waals surface area (Å²) in [5.41, 5.74) is 2.11. The molecule has 154 valence electrons. The average Bonchev–Trinajstić information content (AvgIpc) is 2.66. The van der Waals surface area contributed by atoms with Crippen LogP contribution in [0.1, 0.15) is 30.9 Å². The van der Waals surface area contributed by atoms with Crippen LogP contribution in [0.3, 0.4) is 0 Å². The summed E-state index contributed by atoms with van der Waals surface area (Å²) in [6.07, 6.45) is -1.81. The topological polar surface area (TPSA) is 49.9 Å². The zero-order valence-corrected chi connectivity index (χ0v) is 16.0. The molecule has 8 heteroatoms. The van der Waals surface area contributed by atoms with Crippen molar-refractivity contribution < 1.29 is 27.5 Å². The normalized spacial score (nSPS) is 16.0. The van der Waals surface area contributed by atoms with Gasteiger partial charge in [-0.05, 0) is 23.1 Å². The highest BCUT2D eigenvalue weighted by atomic mass is 19.4. The van der Waals surface area contributed by atoms with Crippen molar-refractivity contribution >= 4 is 18.0 Å². The number of amides is 1. The van der Waals surface area contributed by atoms with E-state index in [1.807, 2.05) is 29.2 Å². The maximum Gasteiger partial charge on any atom is 0.471 e. The number of rotatable bonds is 6. The lowest BCUT2D eigenvalue weighted by atomic mass is 10.0. The first-order valence-corrected chi connectivity index (χ1v) is 9.20. The van der Waals surface area contributed by atoms with E-state index >= 15 is 0 Å². The van der Waals surface area contributed by atoms with Crippen LogP contribution in [0, 0.1) is 0 Å². The molecule has 1 fully saturated rings. The zero-order chi connectivity index (χ0) is 20.7. The largest absolute Gasteiger partial charge is 0.471 e. The van der Waals surface area contributed by atoms with Gasteiger partial charge in [-0.2, -0.15) is 13.2 Å². The SMILES string of the molecule is CC(C)c1ccc(/C=C/C(=O)OCCN2CCN(C(=O)C(F)(F)F)CC2)cc1. The van der Waals surface area contributed by atoms with Gasteiger partial charge in [-0.25, -0.2) is 4.79 Å². The quantitative estimate of drug-likeness (QED) is 0.546. The molecule has 0 unspecified atom stereocenters. The van der Waals surface area contributed by atoms with Crippen LogP contribution in [-0.2, 0) is 14.3 Å². The van der Waals surface area contributed by atoms with Crippen LogP contribution >= 0.6 is 0 Å². The van der Waals surface area contributed by atoms with E-state index in [9.17, 15) is 22.8 Å². The number of benzene rings is 1. The third kappa shape index (κ3) is 6.67. The van der Waals surface area contributed by atoms with Crippen molar-refractivity contribution in [3.05, 3.63) is 41.5 Å². The van der Waals surface area contributed by atoms with Crippen LogP contribution in [0.4, 0.5) is 13.2 Å². The van der Waals surface area contributed by atoms with Crippen LogP contribution in [0.15, 0.2) is 30.3 Å². The number of carbonyl (C=O) groups excluding carboxylic acids is 2. The second-order valence-corrected chi connectivity index (χ2v) is 6.95. The number of halogens is 3. The predicted octanol–water partition coefficient (Wildman–Crippen LogP) is 3.07. The molecular formula is C20H25F3N2O3. The van der Waals surface area contributed by atoms with Gasteiger partial charge in [0.2, 0.25) is 0 Å². The minimum absolute atomic E-state index is 0.0125. The highest BCUT2D eigenvalue weighted by Crippen LogP contribution is 2.19. The molecule has 1 aliphatic rings. The summed E-state index contributed by atoms with van der Waals surface area (Å²) in [5, 5.41) is 0. The summed E-state index contributed by atoms with van der Waals surface area (Å²) in [6, 6.07) is 7.89. The maximum atomic E-state index is 12.4. The van der Waals surface area contributed by atoms with Crippen LogP contribution in [0.2, 0.25) is 0 Å². The van der Waals surface area contributed by atoms with E-state index in [2.05, 4.69) is 13.8 Å². The highest BCUT2D eigenvalue weighted by Gasteiger charge is 2.43. The Balaban J connectivity index is 1.68. The van der Waals surface area contributed by atoms with Gasteiger partial charge in [0.25, 0.3) is 0 Å². The third-order valence-electron chi connectivity index (χ3n) is 4.57. The van der Waals surface area contributed by atoms with E-state index in [4.69, 9.17) is 4.74 Å². The number of nitrogens with zero attached hydrogens (tertiary/aromatic N) is 2. The third-order valence-corrected chi connectivity index (χ3v) is 4.57. The molecule has 2 rings (SSSR count). The summed E-state index contributed by atoms with van der Waals surface area (Å²) in [4.78, 5) is 25.6. The van der Waals surface area contributed by atoms with Crippen molar-refractivity contribution in [2.75, 3.05) is 39.3 Å². The molecule has 1 aromatic rings. The summed E-state index contributed by atoms with van der Waals surface area (Å²) >= 11 is 0. The fraction of sp³-hybridized carbons (Fsp3) is 0.500. The van der Waals surface area contributed by atoms with Gasteiger partial charge in [0.15, 0.2) is 0 Å². The van der Waals surface area contributed by atoms with Crippen molar-refractivity contribution in [3.63, 3.8) is 0 Å². The van der Waals surface area contributed by atoms with Gasteiger partial charge >= 0.3 is 18.1 Å². The lowest BCUT2D eigenvalue weighted by Gasteiger charge is -2.34. The van der Waals surface area contributed by atoms with Crippen LogP contribution in [-0.4, -0.2) is 67.2 Å². The molecule has 0 atom stereocenters. The van der Waals surface area contributed by atoms with Crippen LogP contribution in [0.25, 0.3) is 6.08 Å². The summed E-state index contributed by atoms with van der Waals surface area (Å²) in [7, 11) is 0. The number of piperazine rings is 1. The molecule has 1 saturated heterocycles. The number of hydrogen-bond acceptors (Lipinski definition) is 4. The molecule has 28 heavy (non-hydrogen) atoms. The van der Waals surface area contributed by atoms with Crippen molar-refractivity contribution in [3.8, 4) is 0 Å². The Morgan fingerprint density at radius 1 is 1.11 bits per heavy atom. The summed E-state index contributed by atoms with van der Waals surface area (Å²) < 4.78 is 42.3. The van der Waals surface area contributed by atoms with Gasteiger partial charge < -0.3 is 9.64 Å². The number of alkyl halides is 3. The Hall–Kier alpha value is -2.35. The lowest BCUT2D eigenvalue weighted by molar-refractivity contribution is -0.187. The zero-order valence-electron chi connectivity index (χ0n) is 16.0. The Kier molecular flexibility index (Phi) is 7.62. The highest BCUT2D eigenvalue weighted by molar-refractivity contribution is 5.87. The molecular weight excluding hydrogens is 373 g/mol. The molecule has 0 bridgehead atoms. The maximum absolute atomic E-state index is 12.4. The number of ether oxygens (including phenoxy) is 1. The minimum Gasteiger partial charge on any atom is -0.461 e. The van der Waals surface area contributed by atoms with Crippen LogP contribution < -0.4 is 0 Å². The molecule has 0 aromatic heterocycles. The first kappa shape index (κ1) is 21.9. The van der Waals surface area contributed by atoms with Crippen LogP contribution in [0.5, 0.6) is 0 Å². The average molecular weight is 398 g/mol. The van der Waals surface area contributed by atoms with Gasteiger partial charge in [0.05, 0.1) is 0 Å².